The monoisotopic (exact) mass is 318 g/mol. The molecule has 0 aliphatic heterocycles. The van der Waals surface area contributed by atoms with Crippen LogP contribution in [0.15, 0.2) is 30.5 Å². The number of fused-ring (bicyclic) bond motifs is 1. The fraction of sp³-hybridized carbons (Fsp3) is 0.412. The van der Waals surface area contributed by atoms with Crippen molar-refractivity contribution in [2.45, 2.75) is 25.8 Å². The van der Waals surface area contributed by atoms with Crippen molar-refractivity contribution >= 4 is 22.8 Å². The normalized spacial score (nSPS) is 10.8. The summed E-state index contributed by atoms with van der Waals surface area (Å²) in [5.74, 6) is -0.940. The first kappa shape index (κ1) is 17.0. The Labute approximate surface area is 135 Å². The van der Waals surface area contributed by atoms with E-state index >= 15 is 0 Å². The minimum absolute atomic E-state index is 0.131. The number of nitrogens with one attached hydrogen (secondary N) is 1. The van der Waals surface area contributed by atoms with Gasteiger partial charge in [-0.1, -0.05) is 18.2 Å². The Morgan fingerprint density at radius 3 is 2.78 bits per heavy atom. The van der Waals surface area contributed by atoms with Gasteiger partial charge in [-0.05, 0) is 18.9 Å². The van der Waals surface area contributed by atoms with Crippen molar-refractivity contribution in [3.63, 3.8) is 0 Å². The van der Waals surface area contributed by atoms with Crippen LogP contribution in [0.3, 0.4) is 0 Å². The third-order valence-corrected chi connectivity index (χ3v) is 3.67. The van der Waals surface area contributed by atoms with Crippen LogP contribution in [-0.2, 0) is 16.1 Å². The van der Waals surface area contributed by atoms with Crippen molar-refractivity contribution < 1.29 is 19.4 Å². The summed E-state index contributed by atoms with van der Waals surface area (Å²) >= 11 is 0. The van der Waals surface area contributed by atoms with Crippen LogP contribution in [0, 0.1) is 0 Å². The predicted octanol–water partition coefficient (Wildman–Crippen LogP) is 2.27. The highest BCUT2D eigenvalue weighted by Gasteiger charge is 2.14. The summed E-state index contributed by atoms with van der Waals surface area (Å²) < 4.78 is 7.12. The highest BCUT2D eigenvalue weighted by Crippen LogP contribution is 2.21. The fourth-order valence-electron chi connectivity index (χ4n) is 2.50. The SMILES string of the molecule is COCCn1cc(C(=O)NCCCCC(=O)O)c2ccccc21. The van der Waals surface area contributed by atoms with Crippen LogP contribution >= 0.6 is 0 Å². The van der Waals surface area contributed by atoms with Gasteiger partial charge < -0.3 is 19.7 Å². The smallest absolute Gasteiger partial charge is 0.303 e. The molecule has 0 radical (unpaired) electrons. The Kier molecular flexibility index (Phi) is 6.17. The van der Waals surface area contributed by atoms with Gasteiger partial charge in [0.2, 0.25) is 0 Å². The molecule has 23 heavy (non-hydrogen) atoms. The van der Waals surface area contributed by atoms with Gasteiger partial charge in [-0.15, -0.1) is 0 Å². The Morgan fingerprint density at radius 1 is 1.26 bits per heavy atom. The van der Waals surface area contributed by atoms with Crippen molar-refractivity contribution in [1.82, 2.24) is 9.88 Å². The molecule has 2 aromatic rings. The van der Waals surface area contributed by atoms with Gasteiger partial charge in [0.25, 0.3) is 5.91 Å². The average Bonchev–Trinajstić information content (AvgIpc) is 2.91. The molecule has 0 spiro atoms. The molecule has 124 valence electrons. The van der Waals surface area contributed by atoms with Crippen molar-refractivity contribution in [3.05, 3.63) is 36.0 Å². The summed E-state index contributed by atoms with van der Waals surface area (Å²) in [5.41, 5.74) is 1.63. The van der Waals surface area contributed by atoms with E-state index in [1.807, 2.05) is 35.0 Å². The van der Waals surface area contributed by atoms with Crippen LogP contribution in [0.4, 0.5) is 0 Å². The molecule has 0 fully saturated rings. The maximum absolute atomic E-state index is 12.4. The largest absolute Gasteiger partial charge is 0.481 e. The highest BCUT2D eigenvalue weighted by atomic mass is 16.5. The molecular formula is C17H22N2O4. The van der Waals surface area contributed by atoms with E-state index in [0.717, 1.165) is 10.9 Å². The molecule has 6 heteroatoms. The lowest BCUT2D eigenvalue weighted by molar-refractivity contribution is -0.137. The topological polar surface area (TPSA) is 80.6 Å². The molecule has 6 nitrogen and oxygen atoms in total. The van der Waals surface area contributed by atoms with Crippen LogP contribution in [0.25, 0.3) is 10.9 Å². The quantitative estimate of drug-likeness (QED) is 0.695. The molecule has 0 aliphatic carbocycles. The van der Waals surface area contributed by atoms with Gasteiger partial charge in [0, 0.05) is 43.7 Å². The van der Waals surface area contributed by atoms with Crippen LogP contribution in [0.1, 0.15) is 29.6 Å². The van der Waals surface area contributed by atoms with Crippen LogP contribution < -0.4 is 5.32 Å². The number of carbonyl (C=O) groups excluding carboxylic acids is 1. The Morgan fingerprint density at radius 2 is 2.04 bits per heavy atom. The third kappa shape index (κ3) is 4.56. The van der Waals surface area contributed by atoms with Gasteiger partial charge in [-0.3, -0.25) is 9.59 Å². The zero-order valence-corrected chi connectivity index (χ0v) is 13.2. The number of carboxylic acid groups (broad SMARTS) is 1. The van der Waals surface area contributed by atoms with Gasteiger partial charge >= 0.3 is 5.97 Å². The van der Waals surface area contributed by atoms with Crippen LogP contribution in [0.5, 0.6) is 0 Å². The summed E-state index contributed by atoms with van der Waals surface area (Å²) in [4.78, 5) is 22.8. The number of carboxylic acids is 1. The molecule has 0 saturated carbocycles. The molecular weight excluding hydrogens is 296 g/mol. The van der Waals surface area contributed by atoms with E-state index < -0.39 is 5.97 Å². The lowest BCUT2D eigenvalue weighted by atomic mass is 10.1. The molecule has 1 heterocycles. The zero-order chi connectivity index (χ0) is 16.7. The van der Waals surface area contributed by atoms with Gasteiger partial charge in [0.15, 0.2) is 0 Å². The summed E-state index contributed by atoms with van der Waals surface area (Å²) in [5, 5.41) is 12.4. The minimum atomic E-state index is -0.808. The number of benzene rings is 1. The van der Waals surface area contributed by atoms with Gasteiger partial charge in [-0.2, -0.15) is 0 Å². The van der Waals surface area contributed by atoms with Crippen molar-refractivity contribution in [2.24, 2.45) is 0 Å². The number of amides is 1. The first-order valence-electron chi connectivity index (χ1n) is 7.70. The molecule has 1 amide bonds. The summed E-state index contributed by atoms with van der Waals surface area (Å²) in [7, 11) is 1.65. The number of nitrogens with zero attached hydrogens (tertiary/aromatic N) is 1. The molecule has 2 N–H and O–H groups in total. The van der Waals surface area contributed by atoms with E-state index in [0.29, 0.717) is 38.1 Å². The average molecular weight is 318 g/mol. The van der Waals surface area contributed by atoms with E-state index in [2.05, 4.69) is 5.32 Å². The van der Waals surface area contributed by atoms with Crippen molar-refractivity contribution in [3.8, 4) is 0 Å². The molecule has 1 aromatic carbocycles. The second kappa shape index (κ2) is 8.33. The number of hydrogen-bond donors (Lipinski definition) is 2. The number of ether oxygens (including phenoxy) is 1. The lowest BCUT2D eigenvalue weighted by Crippen LogP contribution is -2.24. The number of aromatic nitrogens is 1. The number of para-hydroxylation sites is 1. The highest BCUT2D eigenvalue weighted by molar-refractivity contribution is 6.07. The number of carbonyl (C=O) groups is 2. The van der Waals surface area contributed by atoms with Crippen molar-refractivity contribution in [1.29, 1.82) is 0 Å². The molecule has 0 saturated heterocycles. The first-order valence-corrected chi connectivity index (χ1v) is 7.70. The minimum Gasteiger partial charge on any atom is -0.481 e. The maximum atomic E-state index is 12.4. The molecule has 0 atom stereocenters. The summed E-state index contributed by atoms with van der Waals surface area (Å²) in [6.07, 6.45) is 3.19. The number of methoxy groups -OCH3 is 1. The third-order valence-electron chi connectivity index (χ3n) is 3.67. The Balaban J connectivity index is 2.03. The Hall–Kier alpha value is -2.34. The second-order valence-corrected chi connectivity index (χ2v) is 5.35. The van der Waals surface area contributed by atoms with Crippen LogP contribution in [-0.4, -0.2) is 41.8 Å². The van der Waals surface area contributed by atoms with E-state index in [4.69, 9.17) is 9.84 Å². The number of aliphatic carboxylic acids is 1. The van der Waals surface area contributed by atoms with Gasteiger partial charge in [0.1, 0.15) is 0 Å². The first-order chi connectivity index (χ1) is 11.1. The lowest BCUT2D eigenvalue weighted by Gasteiger charge is -2.03. The second-order valence-electron chi connectivity index (χ2n) is 5.35. The number of unbranched alkanes of at least 4 members (excludes halogenated alkanes) is 1. The predicted molar refractivity (Wildman–Crippen MR) is 87.6 cm³/mol. The van der Waals surface area contributed by atoms with Crippen LogP contribution in [0.2, 0.25) is 0 Å². The number of rotatable bonds is 9. The van der Waals surface area contributed by atoms with Gasteiger partial charge in [-0.25, -0.2) is 0 Å². The fourth-order valence-corrected chi connectivity index (χ4v) is 2.50. The van der Waals surface area contributed by atoms with E-state index in [1.54, 1.807) is 7.11 Å². The summed E-state index contributed by atoms with van der Waals surface area (Å²) in [6.45, 7) is 1.74. The molecule has 0 bridgehead atoms. The van der Waals surface area contributed by atoms with E-state index in [1.165, 1.54) is 0 Å². The molecule has 1 aromatic heterocycles. The maximum Gasteiger partial charge on any atom is 0.303 e. The van der Waals surface area contributed by atoms with E-state index in [9.17, 15) is 9.59 Å². The van der Waals surface area contributed by atoms with E-state index in [-0.39, 0.29) is 12.3 Å². The zero-order valence-electron chi connectivity index (χ0n) is 13.2. The molecule has 0 unspecified atom stereocenters. The molecule has 0 aliphatic rings. The molecule has 2 rings (SSSR count). The number of hydrogen-bond acceptors (Lipinski definition) is 3. The van der Waals surface area contributed by atoms with Crippen molar-refractivity contribution in [2.75, 3.05) is 20.3 Å². The summed E-state index contributed by atoms with van der Waals surface area (Å²) in [6, 6.07) is 7.76. The Bertz CT molecular complexity index is 678. The standard InChI is InChI=1S/C17H22N2O4/c1-23-11-10-19-12-14(13-6-2-3-7-15(13)19)17(22)18-9-5-4-8-16(20)21/h2-3,6-7,12H,4-5,8-11H2,1H3,(H,18,22)(H,20,21). The van der Waals surface area contributed by atoms with Gasteiger partial charge in [0.05, 0.1) is 12.2 Å².